The number of carbonyl (C=O) groups is 1. The van der Waals surface area contributed by atoms with E-state index in [9.17, 15) is 4.79 Å². The first-order chi connectivity index (χ1) is 12.2. The van der Waals surface area contributed by atoms with Gasteiger partial charge in [0.25, 0.3) is 0 Å². The van der Waals surface area contributed by atoms with Crippen molar-refractivity contribution in [3.63, 3.8) is 0 Å². The second-order valence-electron chi connectivity index (χ2n) is 6.25. The number of primary amides is 1. The average molecular weight is 330 g/mol. The first-order valence-corrected chi connectivity index (χ1v) is 8.31. The number of nitrogens with two attached hydrogens (primary N) is 1. The van der Waals surface area contributed by atoms with Crippen LogP contribution in [0.1, 0.15) is 23.2 Å². The molecule has 1 aliphatic carbocycles. The molecule has 0 unspecified atom stereocenters. The molecule has 4 rings (SSSR count). The van der Waals surface area contributed by atoms with E-state index in [-0.39, 0.29) is 0 Å². The van der Waals surface area contributed by atoms with Crippen LogP contribution in [-0.2, 0) is 0 Å². The monoisotopic (exact) mass is 330 g/mol. The second kappa shape index (κ2) is 6.40. The SMILES string of the molecule is NC(=O)c1ccc(-c2cncc(-c3ccc(OC4CC4)cc3)c2)cc1. The van der Waals surface area contributed by atoms with E-state index in [1.165, 1.54) is 0 Å². The molecule has 4 nitrogen and oxygen atoms in total. The van der Waals surface area contributed by atoms with Gasteiger partial charge >= 0.3 is 0 Å². The number of pyridine rings is 1. The zero-order valence-electron chi connectivity index (χ0n) is 13.7. The van der Waals surface area contributed by atoms with Gasteiger partial charge in [0, 0.05) is 29.1 Å². The van der Waals surface area contributed by atoms with Gasteiger partial charge < -0.3 is 10.5 Å². The minimum atomic E-state index is -0.424. The molecule has 0 atom stereocenters. The molecule has 124 valence electrons. The quantitative estimate of drug-likeness (QED) is 0.767. The molecular weight excluding hydrogens is 312 g/mol. The normalized spacial score (nSPS) is 13.4. The van der Waals surface area contributed by atoms with Crippen molar-refractivity contribution in [1.82, 2.24) is 4.98 Å². The summed E-state index contributed by atoms with van der Waals surface area (Å²) < 4.78 is 5.79. The number of nitrogens with zero attached hydrogens (tertiary/aromatic N) is 1. The highest BCUT2D eigenvalue weighted by molar-refractivity contribution is 5.93. The molecule has 0 aliphatic heterocycles. The van der Waals surface area contributed by atoms with E-state index in [0.29, 0.717) is 11.7 Å². The van der Waals surface area contributed by atoms with E-state index in [0.717, 1.165) is 40.8 Å². The fraction of sp³-hybridized carbons (Fsp3) is 0.143. The number of hydrogen-bond donors (Lipinski definition) is 1. The summed E-state index contributed by atoms with van der Waals surface area (Å²) in [5.74, 6) is 0.490. The zero-order chi connectivity index (χ0) is 17.2. The molecule has 1 fully saturated rings. The Kier molecular flexibility index (Phi) is 3.94. The predicted octanol–water partition coefficient (Wildman–Crippen LogP) is 4.06. The van der Waals surface area contributed by atoms with Crippen LogP contribution in [-0.4, -0.2) is 17.0 Å². The number of aromatic nitrogens is 1. The van der Waals surface area contributed by atoms with Crippen molar-refractivity contribution < 1.29 is 9.53 Å². The molecule has 0 saturated heterocycles. The Morgan fingerprint density at radius 3 is 1.96 bits per heavy atom. The van der Waals surface area contributed by atoms with E-state index in [1.54, 1.807) is 12.1 Å². The molecule has 0 radical (unpaired) electrons. The molecule has 1 aliphatic rings. The highest BCUT2D eigenvalue weighted by atomic mass is 16.5. The van der Waals surface area contributed by atoms with Crippen molar-refractivity contribution >= 4 is 5.91 Å². The van der Waals surface area contributed by atoms with Gasteiger partial charge in [-0.25, -0.2) is 0 Å². The van der Waals surface area contributed by atoms with Crippen molar-refractivity contribution in [2.45, 2.75) is 18.9 Å². The summed E-state index contributed by atoms with van der Waals surface area (Å²) in [6.07, 6.45) is 6.37. The van der Waals surface area contributed by atoms with Gasteiger partial charge in [0.15, 0.2) is 0 Å². The maximum atomic E-state index is 11.2. The summed E-state index contributed by atoms with van der Waals surface area (Å²) in [5.41, 5.74) is 9.90. The van der Waals surface area contributed by atoms with Gasteiger partial charge in [0.2, 0.25) is 5.91 Å². The Morgan fingerprint density at radius 1 is 0.880 bits per heavy atom. The third-order valence-corrected chi connectivity index (χ3v) is 4.26. The Labute approximate surface area is 146 Å². The molecule has 0 bridgehead atoms. The smallest absolute Gasteiger partial charge is 0.248 e. The molecule has 4 heteroatoms. The number of ether oxygens (including phenoxy) is 1. The summed E-state index contributed by atoms with van der Waals surface area (Å²) in [5, 5.41) is 0. The Morgan fingerprint density at radius 2 is 1.44 bits per heavy atom. The number of rotatable bonds is 5. The van der Waals surface area contributed by atoms with Gasteiger partial charge in [-0.05, 0) is 54.3 Å². The summed E-state index contributed by atoms with van der Waals surface area (Å²) in [4.78, 5) is 15.5. The van der Waals surface area contributed by atoms with Gasteiger partial charge in [-0.1, -0.05) is 24.3 Å². The lowest BCUT2D eigenvalue weighted by atomic mass is 10.0. The van der Waals surface area contributed by atoms with Crippen LogP contribution in [0.3, 0.4) is 0 Å². The van der Waals surface area contributed by atoms with Crippen LogP contribution in [0.2, 0.25) is 0 Å². The number of amides is 1. The lowest BCUT2D eigenvalue weighted by Gasteiger charge is -2.08. The first kappa shape index (κ1) is 15.4. The minimum Gasteiger partial charge on any atom is -0.490 e. The standard InChI is InChI=1S/C21H18N2O2/c22-21(24)16-3-1-14(2-4-16)17-11-18(13-23-12-17)15-5-7-19(8-6-15)25-20-9-10-20/h1-8,11-13,20H,9-10H2,(H2,22,24). The van der Waals surface area contributed by atoms with Crippen molar-refractivity contribution in [3.8, 4) is 28.0 Å². The predicted molar refractivity (Wildman–Crippen MR) is 97.3 cm³/mol. The van der Waals surface area contributed by atoms with E-state index >= 15 is 0 Å². The van der Waals surface area contributed by atoms with Crippen molar-refractivity contribution in [2.75, 3.05) is 0 Å². The van der Waals surface area contributed by atoms with Gasteiger partial charge in [-0.2, -0.15) is 0 Å². The zero-order valence-corrected chi connectivity index (χ0v) is 13.7. The largest absolute Gasteiger partial charge is 0.490 e. The summed E-state index contributed by atoms with van der Waals surface area (Å²) >= 11 is 0. The Hall–Kier alpha value is -3.14. The van der Waals surface area contributed by atoms with Crippen LogP contribution < -0.4 is 10.5 Å². The molecule has 0 spiro atoms. The maximum Gasteiger partial charge on any atom is 0.248 e. The van der Waals surface area contributed by atoms with Crippen LogP contribution in [0.4, 0.5) is 0 Å². The highest BCUT2D eigenvalue weighted by Crippen LogP contribution is 2.30. The summed E-state index contributed by atoms with van der Waals surface area (Å²) in [6, 6.07) is 17.4. The molecular formula is C21H18N2O2. The summed E-state index contributed by atoms with van der Waals surface area (Å²) in [7, 11) is 0. The van der Waals surface area contributed by atoms with Crippen molar-refractivity contribution in [3.05, 3.63) is 72.6 Å². The molecule has 1 aromatic heterocycles. The second-order valence-corrected chi connectivity index (χ2v) is 6.25. The van der Waals surface area contributed by atoms with E-state index in [4.69, 9.17) is 10.5 Å². The third-order valence-electron chi connectivity index (χ3n) is 4.26. The van der Waals surface area contributed by atoms with Crippen molar-refractivity contribution in [2.24, 2.45) is 5.73 Å². The fourth-order valence-corrected chi connectivity index (χ4v) is 2.69. The van der Waals surface area contributed by atoms with Crippen molar-refractivity contribution in [1.29, 1.82) is 0 Å². The van der Waals surface area contributed by atoms with Gasteiger partial charge in [0.1, 0.15) is 5.75 Å². The molecule has 1 heterocycles. The number of carbonyl (C=O) groups excluding carboxylic acids is 1. The van der Waals surface area contributed by atoms with Crippen LogP contribution in [0.15, 0.2) is 67.0 Å². The van der Waals surface area contributed by atoms with E-state index in [2.05, 4.69) is 23.2 Å². The third kappa shape index (κ3) is 3.53. The topological polar surface area (TPSA) is 65.2 Å². The fourth-order valence-electron chi connectivity index (χ4n) is 2.69. The van der Waals surface area contributed by atoms with Gasteiger partial charge in [-0.3, -0.25) is 9.78 Å². The van der Waals surface area contributed by atoms with Crippen LogP contribution in [0, 0.1) is 0 Å². The molecule has 1 amide bonds. The lowest BCUT2D eigenvalue weighted by molar-refractivity contribution is 0.100. The summed E-state index contributed by atoms with van der Waals surface area (Å²) in [6.45, 7) is 0. The first-order valence-electron chi connectivity index (χ1n) is 8.31. The van der Waals surface area contributed by atoms with Gasteiger partial charge in [0.05, 0.1) is 6.10 Å². The van der Waals surface area contributed by atoms with E-state index < -0.39 is 5.91 Å². The van der Waals surface area contributed by atoms with Crippen LogP contribution in [0.25, 0.3) is 22.3 Å². The molecule has 25 heavy (non-hydrogen) atoms. The minimum absolute atomic E-state index is 0.402. The molecule has 3 aromatic rings. The van der Waals surface area contributed by atoms with Gasteiger partial charge in [-0.15, -0.1) is 0 Å². The molecule has 2 aromatic carbocycles. The number of hydrogen-bond acceptors (Lipinski definition) is 3. The molecule has 1 saturated carbocycles. The lowest BCUT2D eigenvalue weighted by Crippen LogP contribution is -2.10. The van der Waals surface area contributed by atoms with E-state index in [1.807, 2.05) is 36.7 Å². The maximum absolute atomic E-state index is 11.2. The average Bonchev–Trinajstić information content (AvgIpc) is 3.46. The van der Waals surface area contributed by atoms with Crippen LogP contribution >= 0.6 is 0 Å². The number of benzene rings is 2. The Balaban J connectivity index is 1.59. The highest BCUT2D eigenvalue weighted by Gasteiger charge is 2.23. The Bertz CT molecular complexity index is 898. The molecule has 2 N–H and O–H groups in total. The van der Waals surface area contributed by atoms with Crippen LogP contribution in [0.5, 0.6) is 5.75 Å².